The molecule has 2 nitrogen and oxygen atoms in total. The van der Waals surface area contributed by atoms with E-state index in [2.05, 4.69) is 36.5 Å². The van der Waals surface area contributed by atoms with Crippen LogP contribution >= 0.6 is 0 Å². The average molecular weight is 355 g/mol. The van der Waals surface area contributed by atoms with Crippen molar-refractivity contribution >= 4 is 0 Å². The van der Waals surface area contributed by atoms with Crippen LogP contribution in [-0.4, -0.2) is 18.2 Å². The Morgan fingerprint density at radius 3 is 2.73 bits per heavy atom. The third-order valence-electron chi connectivity index (χ3n) is 7.17. The van der Waals surface area contributed by atoms with Gasteiger partial charge in [-0.2, -0.15) is 0 Å². The Morgan fingerprint density at radius 1 is 1.27 bits per heavy atom. The van der Waals surface area contributed by atoms with Crippen molar-refractivity contribution in [1.82, 2.24) is 5.32 Å². The molecule has 2 bridgehead atoms. The van der Waals surface area contributed by atoms with Gasteiger partial charge in [-0.1, -0.05) is 25.1 Å². The van der Waals surface area contributed by atoms with E-state index >= 15 is 0 Å². The molecule has 2 atom stereocenters. The summed E-state index contributed by atoms with van der Waals surface area (Å²) in [5.74, 6) is 1.84. The van der Waals surface area contributed by atoms with E-state index in [4.69, 9.17) is 4.74 Å². The van der Waals surface area contributed by atoms with Crippen LogP contribution in [0.2, 0.25) is 0 Å². The number of rotatable bonds is 6. The molecule has 1 aromatic rings. The first-order valence-corrected chi connectivity index (χ1v) is 10.0. The van der Waals surface area contributed by atoms with E-state index in [0.29, 0.717) is 17.4 Å². The molecule has 0 saturated carbocycles. The van der Waals surface area contributed by atoms with Crippen molar-refractivity contribution in [2.24, 2.45) is 5.92 Å². The SMILES string of the molecule is COC1=CCC(CCC23CCC([C@H](C)c4cccc(F)c4)(CC2)N3)C=C1. The van der Waals surface area contributed by atoms with Crippen LogP contribution in [0, 0.1) is 11.7 Å². The second-order valence-electron chi connectivity index (χ2n) is 8.54. The fraction of sp³-hybridized carbons (Fsp3) is 0.565. The molecule has 1 unspecified atom stereocenters. The lowest BCUT2D eigenvalue weighted by Gasteiger charge is -2.33. The Labute approximate surface area is 156 Å². The van der Waals surface area contributed by atoms with Crippen LogP contribution in [0.15, 0.2) is 48.3 Å². The lowest BCUT2D eigenvalue weighted by atomic mass is 9.72. The first-order valence-electron chi connectivity index (χ1n) is 10.0. The van der Waals surface area contributed by atoms with Gasteiger partial charge >= 0.3 is 0 Å². The van der Waals surface area contributed by atoms with E-state index in [1.54, 1.807) is 13.2 Å². The molecule has 1 aliphatic carbocycles. The van der Waals surface area contributed by atoms with E-state index in [1.165, 1.54) is 44.6 Å². The Bertz CT molecular complexity index is 715. The molecule has 1 aromatic carbocycles. The molecule has 0 radical (unpaired) electrons. The molecular formula is C23H30FNO. The van der Waals surface area contributed by atoms with E-state index in [9.17, 15) is 4.39 Å². The highest BCUT2D eigenvalue weighted by atomic mass is 19.1. The summed E-state index contributed by atoms with van der Waals surface area (Å²) in [6.45, 7) is 2.27. The Morgan fingerprint density at radius 2 is 2.08 bits per heavy atom. The molecule has 2 fully saturated rings. The maximum atomic E-state index is 13.7. The van der Waals surface area contributed by atoms with Crippen molar-refractivity contribution in [3.05, 3.63) is 59.6 Å². The molecule has 3 heteroatoms. The number of hydrogen-bond donors (Lipinski definition) is 1. The predicted molar refractivity (Wildman–Crippen MR) is 103 cm³/mol. The Balaban J connectivity index is 1.39. The molecule has 2 saturated heterocycles. The summed E-state index contributed by atoms with van der Waals surface area (Å²) < 4.78 is 19.0. The lowest BCUT2D eigenvalue weighted by molar-refractivity contribution is 0.296. The molecule has 4 rings (SSSR count). The molecule has 0 amide bonds. The summed E-state index contributed by atoms with van der Waals surface area (Å²) in [7, 11) is 1.73. The second-order valence-corrected chi connectivity index (χ2v) is 8.54. The molecule has 3 aliphatic rings. The molecule has 0 spiro atoms. The van der Waals surface area contributed by atoms with Gasteiger partial charge in [-0.05, 0) is 86.6 Å². The minimum absolute atomic E-state index is 0.124. The van der Waals surface area contributed by atoms with Gasteiger partial charge in [0.1, 0.15) is 11.6 Å². The molecule has 2 heterocycles. The maximum Gasteiger partial charge on any atom is 0.123 e. The summed E-state index contributed by atoms with van der Waals surface area (Å²) in [5, 5.41) is 4.05. The number of ether oxygens (including phenoxy) is 1. The van der Waals surface area contributed by atoms with Gasteiger partial charge in [-0.25, -0.2) is 4.39 Å². The minimum Gasteiger partial charge on any atom is -0.497 e. The molecule has 2 aliphatic heterocycles. The summed E-state index contributed by atoms with van der Waals surface area (Å²) in [4.78, 5) is 0. The van der Waals surface area contributed by atoms with E-state index in [-0.39, 0.29) is 11.4 Å². The van der Waals surface area contributed by atoms with Gasteiger partial charge in [0.15, 0.2) is 0 Å². The second kappa shape index (κ2) is 6.84. The molecular weight excluding hydrogens is 325 g/mol. The highest BCUT2D eigenvalue weighted by Crippen LogP contribution is 2.53. The van der Waals surface area contributed by atoms with Crippen molar-refractivity contribution in [2.75, 3.05) is 7.11 Å². The number of allylic oxidation sites excluding steroid dienone is 3. The monoisotopic (exact) mass is 355 g/mol. The number of halogens is 1. The predicted octanol–water partition coefficient (Wildman–Crippen LogP) is 5.47. The summed E-state index contributed by atoms with van der Waals surface area (Å²) in [5.41, 5.74) is 1.57. The zero-order valence-electron chi connectivity index (χ0n) is 15.9. The number of nitrogens with one attached hydrogen (secondary N) is 1. The van der Waals surface area contributed by atoms with Crippen molar-refractivity contribution < 1.29 is 9.13 Å². The zero-order valence-corrected chi connectivity index (χ0v) is 15.9. The van der Waals surface area contributed by atoms with Gasteiger partial charge in [-0.15, -0.1) is 0 Å². The first-order chi connectivity index (χ1) is 12.5. The summed E-state index contributed by atoms with van der Waals surface area (Å²) in [6, 6.07) is 7.17. The van der Waals surface area contributed by atoms with Crippen LogP contribution in [0.5, 0.6) is 0 Å². The van der Waals surface area contributed by atoms with Crippen molar-refractivity contribution in [1.29, 1.82) is 0 Å². The smallest absolute Gasteiger partial charge is 0.123 e. The number of fused-ring (bicyclic) bond motifs is 2. The highest BCUT2D eigenvalue weighted by molar-refractivity contribution is 5.28. The van der Waals surface area contributed by atoms with Crippen LogP contribution in [0.1, 0.15) is 63.4 Å². The first kappa shape index (κ1) is 17.8. The maximum absolute atomic E-state index is 13.7. The fourth-order valence-corrected chi connectivity index (χ4v) is 5.37. The van der Waals surface area contributed by atoms with E-state index in [1.807, 2.05) is 6.07 Å². The van der Waals surface area contributed by atoms with Gasteiger partial charge in [0.25, 0.3) is 0 Å². The lowest BCUT2D eigenvalue weighted by Crippen LogP contribution is -2.45. The van der Waals surface area contributed by atoms with E-state index in [0.717, 1.165) is 17.7 Å². The van der Waals surface area contributed by atoms with Crippen molar-refractivity contribution in [2.45, 2.75) is 68.9 Å². The van der Waals surface area contributed by atoms with Crippen LogP contribution in [0.3, 0.4) is 0 Å². The standard InChI is InChI=1S/C23H30FNO/c1-17(19-4-3-5-20(24)16-19)23-14-12-22(25-23,13-15-23)11-10-18-6-8-21(26-2)9-7-18/h3-6,8-9,16-18,25H,7,10-15H2,1-2H3/t17-,18?,22?,23?/m1/s1. The van der Waals surface area contributed by atoms with Crippen LogP contribution in [0.4, 0.5) is 4.39 Å². The number of benzene rings is 1. The normalized spacial score (nSPS) is 34.0. The van der Waals surface area contributed by atoms with Gasteiger partial charge in [0, 0.05) is 11.1 Å². The van der Waals surface area contributed by atoms with Crippen LogP contribution in [-0.2, 0) is 4.74 Å². The van der Waals surface area contributed by atoms with Gasteiger partial charge < -0.3 is 10.1 Å². The average Bonchev–Trinajstić information content (AvgIpc) is 3.24. The summed E-state index contributed by atoms with van der Waals surface area (Å²) in [6.07, 6.45) is 15.1. The Kier molecular flexibility index (Phi) is 4.68. The summed E-state index contributed by atoms with van der Waals surface area (Å²) >= 11 is 0. The minimum atomic E-state index is -0.124. The van der Waals surface area contributed by atoms with Crippen molar-refractivity contribution in [3.8, 4) is 0 Å². The zero-order chi connectivity index (χ0) is 18.2. The highest BCUT2D eigenvalue weighted by Gasteiger charge is 2.55. The largest absolute Gasteiger partial charge is 0.497 e. The van der Waals surface area contributed by atoms with Crippen LogP contribution in [0.25, 0.3) is 0 Å². The molecule has 1 N–H and O–H groups in total. The molecule has 140 valence electrons. The topological polar surface area (TPSA) is 21.3 Å². The third-order valence-corrected chi connectivity index (χ3v) is 7.17. The van der Waals surface area contributed by atoms with Gasteiger partial charge in [-0.3, -0.25) is 0 Å². The Hall–Kier alpha value is -1.61. The van der Waals surface area contributed by atoms with Crippen LogP contribution < -0.4 is 5.32 Å². The number of hydrogen-bond acceptors (Lipinski definition) is 2. The molecule has 0 aromatic heterocycles. The van der Waals surface area contributed by atoms with Gasteiger partial charge in [0.05, 0.1) is 7.11 Å². The third kappa shape index (κ3) is 3.22. The fourth-order valence-electron chi connectivity index (χ4n) is 5.37. The van der Waals surface area contributed by atoms with Crippen molar-refractivity contribution in [3.63, 3.8) is 0 Å². The van der Waals surface area contributed by atoms with Gasteiger partial charge in [0.2, 0.25) is 0 Å². The quantitative estimate of drug-likeness (QED) is 0.730. The number of methoxy groups -OCH3 is 1. The molecule has 26 heavy (non-hydrogen) atoms. The van der Waals surface area contributed by atoms with E-state index < -0.39 is 0 Å².